The first kappa shape index (κ1) is 22.8. The monoisotopic (exact) mass is 376 g/mol. The lowest BCUT2D eigenvalue weighted by Crippen LogP contribution is -2.49. The molecule has 2 N–H and O–H groups in total. The molecule has 0 amide bonds. The SMILES string of the molecule is CCCCCCCC1O[C@@H]([C@H](O)C(=O)OCC)[C@@H]([C@@H](O)C(=O)OCC)O1. The molecule has 8 nitrogen and oxygen atoms in total. The van der Waals surface area contributed by atoms with E-state index < -0.39 is 42.6 Å². The van der Waals surface area contributed by atoms with Crippen molar-refractivity contribution in [3.63, 3.8) is 0 Å². The first-order valence-corrected chi connectivity index (χ1v) is 9.46. The zero-order valence-electron chi connectivity index (χ0n) is 15.9. The van der Waals surface area contributed by atoms with Gasteiger partial charge in [-0.2, -0.15) is 0 Å². The van der Waals surface area contributed by atoms with Crippen LogP contribution < -0.4 is 0 Å². The van der Waals surface area contributed by atoms with E-state index in [0.29, 0.717) is 6.42 Å². The van der Waals surface area contributed by atoms with Gasteiger partial charge in [-0.15, -0.1) is 0 Å². The molecule has 0 aromatic carbocycles. The summed E-state index contributed by atoms with van der Waals surface area (Å²) in [6, 6.07) is 0. The van der Waals surface area contributed by atoms with E-state index in [4.69, 9.17) is 18.9 Å². The highest BCUT2D eigenvalue weighted by Crippen LogP contribution is 2.28. The summed E-state index contributed by atoms with van der Waals surface area (Å²) >= 11 is 0. The van der Waals surface area contributed by atoms with Crippen molar-refractivity contribution in [2.75, 3.05) is 13.2 Å². The summed E-state index contributed by atoms with van der Waals surface area (Å²) < 4.78 is 20.8. The fraction of sp³-hybridized carbons (Fsp3) is 0.889. The van der Waals surface area contributed by atoms with Gasteiger partial charge in [0.1, 0.15) is 12.2 Å². The van der Waals surface area contributed by atoms with Gasteiger partial charge in [0, 0.05) is 0 Å². The van der Waals surface area contributed by atoms with Crippen molar-refractivity contribution in [2.24, 2.45) is 0 Å². The standard InChI is InChI=1S/C18H32O8/c1-4-7-8-9-10-11-12-25-15(13(19)17(21)23-5-2)16(26-12)14(20)18(22)24-6-3/h12-16,19-20H,4-11H2,1-3H3/t12?,13-,14+,15-,16+. The van der Waals surface area contributed by atoms with E-state index in [1.807, 2.05) is 0 Å². The lowest BCUT2D eigenvalue weighted by molar-refractivity contribution is -0.167. The number of esters is 2. The second-order valence-corrected chi connectivity index (χ2v) is 6.23. The highest BCUT2D eigenvalue weighted by molar-refractivity contribution is 5.77. The number of aliphatic hydroxyl groups is 2. The van der Waals surface area contributed by atoms with Crippen LogP contribution in [0, 0.1) is 0 Å². The number of carbonyl (C=O) groups is 2. The van der Waals surface area contributed by atoms with Crippen LogP contribution in [0.25, 0.3) is 0 Å². The molecule has 5 atom stereocenters. The fourth-order valence-corrected chi connectivity index (χ4v) is 2.82. The third-order valence-corrected chi connectivity index (χ3v) is 4.16. The van der Waals surface area contributed by atoms with E-state index in [2.05, 4.69) is 6.92 Å². The first-order chi connectivity index (χ1) is 12.5. The van der Waals surface area contributed by atoms with E-state index in [1.54, 1.807) is 13.8 Å². The number of aliphatic hydroxyl groups excluding tert-OH is 2. The van der Waals surface area contributed by atoms with Gasteiger partial charge in [0.15, 0.2) is 18.5 Å². The summed E-state index contributed by atoms with van der Waals surface area (Å²) in [5, 5.41) is 20.4. The minimum absolute atomic E-state index is 0.0927. The molecule has 0 bridgehead atoms. The Morgan fingerprint density at radius 3 is 1.73 bits per heavy atom. The van der Waals surface area contributed by atoms with E-state index in [0.717, 1.165) is 32.1 Å². The second-order valence-electron chi connectivity index (χ2n) is 6.23. The molecule has 26 heavy (non-hydrogen) atoms. The summed E-state index contributed by atoms with van der Waals surface area (Å²) in [6.07, 6.45) is -0.637. The maximum atomic E-state index is 11.8. The molecule has 1 fully saturated rings. The predicted octanol–water partition coefficient (Wildman–Crippen LogP) is 1.30. The summed E-state index contributed by atoms with van der Waals surface area (Å²) in [4.78, 5) is 23.7. The Morgan fingerprint density at radius 1 is 0.846 bits per heavy atom. The third-order valence-electron chi connectivity index (χ3n) is 4.16. The molecule has 1 heterocycles. The topological polar surface area (TPSA) is 112 Å². The van der Waals surface area contributed by atoms with Crippen LogP contribution in [0.2, 0.25) is 0 Å². The minimum Gasteiger partial charge on any atom is -0.464 e. The molecule has 0 spiro atoms. The molecule has 1 aliphatic rings. The molecular formula is C18H32O8. The quantitative estimate of drug-likeness (QED) is 0.387. The molecular weight excluding hydrogens is 344 g/mol. The van der Waals surface area contributed by atoms with Crippen molar-refractivity contribution in [3.8, 4) is 0 Å². The van der Waals surface area contributed by atoms with Crippen molar-refractivity contribution < 1.29 is 38.7 Å². The zero-order valence-corrected chi connectivity index (χ0v) is 15.9. The van der Waals surface area contributed by atoms with Crippen molar-refractivity contribution >= 4 is 11.9 Å². The van der Waals surface area contributed by atoms with Gasteiger partial charge in [-0.05, 0) is 26.7 Å². The first-order valence-electron chi connectivity index (χ1n) is 9.46. The predicted molar refractivity (Wildman–Crippen MR) is 92.2 cm³/mol. The number of unbranched alkanes of at least 4 members (excludes halogenated alkanes) is 4. The average molecular weight is 376 g/mol. The Bertz CT molecular complexity index is 395. The van der Waals surface area contributed by atoms with Gasteiger partial charge in [0.05, 0.1) is 13.2 Å². The highest BCUT2D eigenvalue weighted by Gasteiger charge is 2.49. The van der Waals surface area contributed by atoms with Crippen molar-refractivity contribution in [1.29, 1.82) is 0 Å². The largest absolute Gasteiger partial charge is 0.464 e. The number of hydrogen-bond donors (Lipinski definition) is 2. The molecule has 0 aromatic heterocycles. The molecule has 0 saturated carbocycles. The van der Waals surface area contributed by atoms with Gasteiger partial charge >= 0.3 is 11.9 Å². The maximum absolute atomic E-state index is 11.8. The summed E-state index contributed by atoms with van der Waals surface area (Å²) in [5.41, 5.74) is 0. The number of carbonyl (C=O) groups excluding carboxylic acids is 2. The van der Waals surface area contributed by atoms with Crippen molar-refractivity contribution in [2.45, 2.75) is 90.0 Å². The molecule has 1 rings (SSSR count). The van der Waals surface area contributed by atoms with Crippen LogP contribution in [-0.4, -0.2) is 66.1 Å². The number of ether oxygens (including phenoxy) is 4. The fourth-order valence-electron chi connectivity index (χ4n) is 2.82. The van der Waals surface area contributed by atoms with Crippen LogP contribution in [0.5, 0.6) is 0 Å². The van der Waals surface area contributed by atoms with E-state index in [-0.39, 0.29) is 13.2 Å². The van der Waals surface area contributed by atoms with E-state index in [9.17, 15) is 19.8 Å². The van der Waals surface area contributed by atoms with Crippen LogP contribution >= 0.6 is 0 Å². The Balaban J connectivity index is 2.71. The lowest BCUT2D eigenvalue weighted by atomic mass is 10.0. The van der Waals surface area contributed by atoms with Gasteiger partial charge < -0.3 is 29.2 Å². The average Bonchev–Trinajstić information content (AvgIpc) is 3.04. The molecule has 1 unspecified atom stereocenters. The third kappa shape index (κ3) is 6.83. The molecule has 0 aliphatic carbocycles. The summed E-state index contributed by atoms with van der Waals surface area (Å²) in [6.45, 7) is 5.54. The highest BCUT2D eigenvalue weighted by atomic mass is 16.7. The summed E-state index contributed by atoms with van der Waals surface area (Å²) in [5.74, 6) is -1.77. The smallest absolute Gasteiger partial charge is 0.337 e. The van der Waals surface area contributed by atoms with Crippen molar-refractivity contribution in [3.05, 3.63) is 0 Å². The molecule has 1 aliphatic heterocycles. The van der Waals surface area contributed by atoms with E-state index >= 15 is 0 Å². The van der Waals surface area contributed by atoms with Gasteiger partial charge in [0.2, 0.25) is 0 Å². The lowest BCUT2D eigenvalue weighted by Gasteiger charge is -2.23. The Hall–Kier alpha value is -1.22. The normalized spacial score (nSPS) is 24.9. The van der Waals surface area contributed by atoms with Gasteiger partial charge in [-0.3, -0.25) is 0 Å². The van der Waals surface area contributed by atoms with Gasteiger partial charge in [-0.25, -0.2) is 9.59 Å². The number of hydrogen-bond acceptors (Lipinski definition) is 8. The molecule has 1 saturated heterocycles. The molecule has 0 radical (unpaired) electrons. The minimum atomic E-state index is -1.66. The van der Waals surface area contributed by atoms with Crippen molar-refractivity contribution in [1.82, 2.24) is 0 Å². The van der Waals surface area contributed by atoms with Gasteiger partial charge in [0.25, 0.3) is 0 Å². The Kier molecular flexibility index (Phi) is 10.7. The molecule has 0 aromatic rings. The van der Waals surface area contributed by atoms with Gasteiger partial charge in [-0.1, -0.05) is 32.6 Å². The zero-order chi connectivity index (χ0) is 19.5. The second kappa shape index (κ2) is 12.2. The Morgan fingerprint density at radius 2 is 1.31 bits per heavy atom. The van der Waals surface area contributed by atoms with Crippen LogP contribution in [0.1, 0.15) is 59.3 Å². The van der Waals surface area contributed by atoms with Crippen LogP contribution in [0.4, 0.5) is 0 Å². The van der Waals surface area contributed by atoms with Crippen LogP contribution in [-0.2, 0) is 28.5 Å². The molecule has 8 heteroatoms. The van der Waals surface area contributed by atoms with Crippen LogP contribution in [0.15, 0.2) is 0 Å². The number of rotatable bonds is 12. The van der Waals surface area contributed by atoms with Crippen LogP contribution in [0.3, 0.4) is 0 Å². The maximum Gasteiger partial charge on any atom is 0.337 e. The Labute approximate surface area is 154 Å². The van der Waals surface area contributed by atoms with E-state index in [1.165, 1.54) is 0 Å². The molecule has 152 valence electrons. The summed E-state index contributed by atoms with van der Waals surface area (Å²) in [7, 11) is 0.